The minimum atomic E-state index is -1.95. The quantitative estimate of drug-likeness (QED) is 0.0887. The van der Waals surface area contributed by atoms with Gasteiger partial charge in [-0.05, 0) is 58.2 Å². The highest BCUT2D eigenvalue weighted by molar-refractivity contribution is 6.70. The van der Waals surface area contributed by atoms with E-state index in [0.29, 0.717) is 12.2 Å². The van der Waals surface area contributed by atoms with Crippen LogP contribution in [0, 0.1) is 5.92 Å². The van der Waals surface area contributed by atoms with Crippen LogP contribution in [0.3, 0.4) is 0 Å². The predicted molar refractivity (Wildman–Crippen MR) is 152 cm³/mol. The molecule has 0 saturated heterocycles. The van der Waals surface area contributed by atoms with Crippen molar-refractivity contribution >= 4 is 22.6 Å². The van der Waals surface area contributed by atoms with Crippen LogP contribution in [0.2, 0.25) is 39.3 Å². The van der Waals surface area contributed by atoms with Gasteiger partial charge in [0.2, 0.25) is 8.32 Å². The van der Waals surface area contributed by atoms with Crippen molar-refractivity contribution in [3.63, 3.8) is 0 Å². The predicted octanol–water partition coefficient (Wildman–Crippen LogP) is 9.53. The van der Waals surface area contributed by atoms with E-state index in [4.69, 9.17) is 8.85 Å². The van der Waals surface area contributed by atoms with Crippen LogP contribution in [-0.2, 0) is 13.6 Å². The van der Waals surface area contributed by atoms with E-state index < -0.39 is 28.5 Å². The first-order valence-corrected chi connectivity index (χ1v) is 21.0. The number of hydrogen-bond donors (Lipinski definition) is 1. The Bertz CT molecular complexity index is 550. The summed E-state index contributed by atoms with van der Waals surface area (Å²) >= 11 is 0. The Labute approximate surface area is 214 Å². The summed E-state index contributed by atoms with van der Waals surface area (Å²) in [7, 11) is -3.72. The van der Waals surface area contributed by atoms with Crippen LogP contribution in [0.1, 0.15) is 110 Å². The molecule has 2 atom stereocenters. The SMILES string of the molecule is CCCCCCCCCCC[C@H](C=C(O[Si](C)(C)C)C(CCCCCC)C(=O)O)O[Si](C)(C)C. The average Bonchev–Trinajstić information content (AvgIpc) is 2.69. The normalized spacial score (nSPS) is 14.8. The van der Waals surface area contributed by atoms with E-state index in [9.17, 15) is 9.90 Å². The van der Waals surface area contributed by atoms with Crippen LogP contribution < -0.4 is 0 Å². The Morgan fingerprint density at radius 3 is 1.59 bits per heavy atom. The minimum absolute atomic E-state index is 0.0555. The van der Waals surface area contributed by atoms with E-state index in [2.05, 4.69) is 59.2 Å². The fourth-order valence-electron chi connectivity index (χ4n) is 4.21. The van der Waals surface area contributed by atoms with E-state index in [1.807, 2.05) is 0 Å². The summed E-state index contributed by atoms with van der Waals surface area (Å²) in [5, 5.41) is 10.1. The lowest BCUT2D eigenvalue weighted by molar-refractivity contribution is -0.141. The molecule has 0 heterocycles. The smallest absolute Gasteiger partial charge is 0.314 e. The number of unbranched alkanes of at least 4 members (excludes halogenated alkanes) is 11. The molecule has 4 nitrogen and oxygen atoms in total. The first kappa shape index (κ1) is 33.4. The van der Waals surface area contributed by atoms with Gasteiger partial charge in [0.1, 0.15) is 5.92 Å². The van der Waals surface area contributed by atoms with E-state index in [-0.39, 0.29) is 6.10 Å². The lowest BCUT2D eigenvalue weighted by Crippen LogP contribution is -2.34. The lowest BCUT2D eigenvalue weighted by Gasteiger charge is -2.29. The van der Waals surface area contributed by atoms with Gasteiger partial charge in [0.15, 0.2) is 8.32 Å². The fraction of sp³-hybridized carbons (Fsp3) is 0.893. The topological polar surface area (TPSA) is 55.8 Å². The Morgan fingerprint density at radius 1 is 0.706 bits per heavy atom. The van der Waals surface area contributed by atoms with Gasteiger partial charge in [0, 0.05) is 0 Å². The van der Waals surface area contributed by atoms with E-state index in [1.165, 1.54) is 51.4 Å². The Balaban J connectivity index is 5.24. The molecular formula is C28H58O4Si2. The van der Waals surface area contributed by atoms with E-state index in [1.54, 1.807) is 0 Å². The lowest BCUT2D eigenvalue weighted by atomic mass is 9.97. The molecule has 0 spiro atoms. The molecule has 0 bridgehead atoms. The number of carbonyl (C=O) groups is 1. The molecule has 0 aromatic carbocycles. The maximum absolute atomic E-state index is 12.2. The fourth-order valence-corrected chi connectivity index (χ4v) is 6.22. The van der Waals surface area contributed by atoms with Crippen molar-refractivity contribution in [3.05, 3.63) is 11.8 Å². The Morgan fingerprint density at radius 2 is 1.15 bits per heavy atom. The minimum Gasteiger partial charge on any atom is -0.547 e. The molecule has 0 aliphatic rings. The second-order valence-electron chi connectivity index (χ2n) is 11.9. The van der Waals surface area contributed by atoms with Crippen molar-refractivity contribution in [3.8, 4) is 0 Å². The van der Waals surface area contributed by atoms with Gasteiger partial charge in [-0.1, -0.05) is 97.3 Å². The number of hydrogen-bond acceptors (Lipinski definition) is 3. The summed E-state index contributed by atoms with van der Waals surface area (Å²) in [6.45, 7) is 17.5. The zero-order valence-corrected chi connectivity index (χ0v) is 26.0. The van der Waals surface area contributed by atoms with Gasteiger partial charge in [-0.25, -0.2) is 0 Å². The van der Waals surface area contributed by atoms with Gasteiger partial charge in [0.05, 0.1) is 11.9 Å². The van der Waals surface area contributed by atoms with Crippen molar-refractivity contribution in [2.45, 2.75) is 156 Å². The van der Waals surface area contributed by atoms with Crippen molar-refractivity contribution in [2.75, 3.05) is 0 Å². The molecule has 0 aromatic rings. The zero-order valence-electron chi connectivity index (χ0n) is 24.0. The largest absolute Gasteiger partial charge is 0.547 e. The molecule has 6 heteroatoms. The molecule has 0 radical (unpaired) electrons. The maximum atomic E-state index is 12.2. The molecule has 34 heavy (non-hydrogen) atoms. The van der Waals surface area contributed by atoms with Crippen LogP contribution in [-0.4, -0.2) is 33.8 Å². The molecule has 0 aliphatic heterocycles. The van der Waals surface area contributed by atoms with Crippen LogP contribution in [0.4, 0.5) is 0 Å². The van der Waals surface area contributed by atoms with Gasteiger partial charge in [-0.15, -0.1) is 0 Å². The first-order chi connectivity index (χ1) is 15.9. The standard InChI is InChI=1S/C28H58O4Si2/c1-9-11-13-15-16-17-18-19-20-22-25(31-33(3,4)5)24-27(32-34(6,7)8)26(28(29)30)23-21-14-12-10-2/h24-26H,9-23H2,1-8H3,(H,29,30)/t25-,26?/m1/s1. The molecule has 202 valence electrons. The van der Waals surface area contributed by atoms with Gasteiger partial charge in [0.25, 0.3) is 0 Å². The van der Waals surface area contributed by atoms with Crippen molar-refractivity contribution in [1.29, 1.82) is 0 Å². The molecule has 0 aromatic heterocycles. The number of carboxylic acids is 1. The van der Waals surface area contributed by atoms with Gasteiger partial charge in [-0.2, -0.15) is 0 Å². The molecular weight excluding hydrogens is 456 g/mol. The highest BCUT2D eigenvalue weighted by Gasteiger charge is 2.30. The molecule has 1 unspecified atom stereocenters. The molecule has 0 aliphatic carbocycles. The number of carboxylic acid groups (broad SMARTS) is 1. The van der Waals surface area contributed by atoms with Crippen LogP contribution >= 0.6 is 0 Å². The molecule has 0 fully saturated rings. The number of rotatable bonds is 22. The average molecular weight is 515 g/mol. The van der Waals surface area contributed by atoms with Crippen LogP contribution in [0.15, 0.2) is 11.8 Å². The molecule has 1 N–H and O–H groups in total. The van der Waals surface area contributed by atoms with Gasteiger partial charge >= 0.3 is 5.97 Å². The second-order valence-corrected chi connectivity index (χ2v) is 20.8. The van der Waals surface area contributed by atoms with Crippen LogP contribution in [0.5, 0.6) is 0 Å². The molecule has 0 amide bonds. The third-order valence-electron chi connectivity index (χ3n) is 5.86. The Hall–Kier alpha value is -0.596. The summed E-state index contributed by atoms with van der Waals surface area (Å²) in [6.07, 6.45) is 19.6. The first-order valence-electron chi connectivity index (χ1n) is 14.2. The third kappa shape index (κ3) is 19.7. The van der Waals surface area contributed by atoms with E-state index in [0.717, 1.165) is 38.5 Å². The third-order valence-corrected chi connectivity index (χ3v) is 7.72. The molecule has 0 saturated carbocycles. The second kappa shape index (κ2) is 18.6. The number of aliphatic carboxylic acids is 1. The summed E-state index contributed by atoms with van der Waals surface area (Å²) in [4.78, 5) is 12.2. The van der Waals surface area contributed by atoms with E-state index >= 15 is 0 Å². The van der Waals surface area contributed by atoms with Crippen molar-refractivity contribution in [1.82, 2.24) is 0 Å². The maximum Gasteiger partial charge on any atom is 0.314 e. The summed E-state index contributed by atoms with van der Waals surface area (Å²) in [6, 6.07) is 0. The van der Waals surface area contributed by atoms with Crippen molar-refractivity contribution < 1.29 is 18.8 Å². The summed E-state index contributed by atoms with van der Waals surface area (Å²) < 4.78 is 12.9. The summed E-state index contributed by atoms with van der Waals surface area (Å²) in [5.74, 6) is -0.683. The van der Waals surface area contributed by atoms with Gasteiger partial charge < -0.3 is 14.0 Å². The highest BCUT2D eigenvalue weighted by Crippen LogP contribution is 2.27. The highest BCUT2D eigenvalue weighted by atomic mass is 28.4. The Kier molecular flexibility index (Phi) is 18.3. The van der Waals surface area contributed by atoms with Crippen LogP contribution in [0.25, 0.3) is 0 Å². The molecule has 0 rings (SSSR count). The van der Waals surface area contributed by atoms with Crippen molar-refractivity contribution in [2.24, 2.45) is 5.92 Å². The summed E-state index contributed by atoms with van der Waals surface area (Å²) in [5.41, 5.74) is 0. The monoisotopic (exact) mass is 514 g/mol. The van der Waals surface area contributed by atoms with Gasteiger partial charge in [-0.3, -0.25) is 4.79 Å². The zero-order chi connectivity index (χ0) is 26.0.